The lowest BCUT2D eigenvalue weighted by Crippen LogP contribution is -2.32. The first-order chi connectivity index (χ1) is 8.15. The molecule has 3 unspecified atom stereocenters. The van der Waals surface area contributed by atoms with Crippen LogP contribution in [0.25, 0.3) is 0 Å². The van der Waals surface area contributed by atoms with E-state index in [1.807, 2.05) is 0 Å². The fourth-order valence-corrected chi connectivity index (χ4v) is 3.68. The second-order valence-electron chi connectivity index (χ2n) is 6.23. The summed E-state index contributed by atoms with van der Waals surface area (Å²) in [6.07, 6.45) is 5.36. The lowest BCUT2D eigenvalue weighted by Gasteiger charge is -2.22. The van der Waals surface area contributed by atoms with Crippen LogP contribution in [0.2, 0.25) is 0 Å². The van der Waals surface area contributed by atoms with Crippen LogP contribution in [0.3, 0.4) is 0 Å². The molecule has 2 saturated carbocycles. The van der Waals surface area contributed by atoms with Gasteiger partial charge in [0.05, 0.1) is 0 Å². The zero-order valence-electron chi connectivity index (χ0n) is 10.9. The van der Waals surface area contributed by atoms with Crippen LogP contribution in [0.1, 0.15) is 36.0 Å². The van der Waals surface area contributed by atoms with Gasteiger partial charge in [0.25, 0.3) is 0 Å². The van der Waals surface area contributed by atoms with Crippen molar-refractivity contribution in [3.05, 3.63) is 34.9 Å². The van der Waals surface area contributed by atoms with E-state index in [1.54, 1.807) is 0 Å². The molecule has 0 aromatic heterocycles. The summed E-state index contributed by atoms with van der Waals surface area (Å²) in [5.41, 5.74) is 10.7. The van der Waals surface area contributed by atoms with Crippen molar-refractivity contribution in [3.63, 3.8) is 0 Å². The summed E-state index contributed by atoms with van der Waals surface area (Å²) in [4.78, 5) is 0. The molecule has 0 aliphatic heterocycles. The molecule has 2 fully saturated rings. The molecule has 2 aliphatic carbocycles. The Morgan fingerprint density at radius 1 is 1.12 bits per heavy atom. The molecule has 0 radical (unpaired) electrons. The second-order valence-corrected chi connectivity index (χ2v) is 6.23. The van der Waals surface area contributed by atoms with Crippen molar-refractivity contribution in [2.75, 3.05) is 0 Å². The van der Waals surface area contributed by atoms with E-state index in [2.05, 4.69) is 32.0 Å². The summed E-state index contributed by atoms with van der Waals surface area (Å²) in [6, 6.07) is 6.94. The minimum absolute atomic E-state index is 0.377. The van der Waals surface area contributed by atoms with E-state index in [-0.39, 0.29) is 0 Å². The van der Waals surface area contributed by atoms with E-state index < -0.39 is 0 Å². The Bertz CT molecular complexity index is 393. The first-order valence-corrected chi connectivity index (χ1v) is 6.96. The van der Waals surface area contributed by atoms with Crippen LogP contribution < -0.4 is 5.73 Å². The second kappa shape index (κ2) is 4.13. The van der Waals surface area contributed by atoms with Gasteiger partial charge < -0.3 is 5.73 Å². The van der Waals surface area contributed by atoms with Crippen LogP contribution in [0.5, 0.6) is 0 Å². The number of aryl methyl sites for hydroxylation is 2. The van der Waals surface area contributed by atoms with Crippen molar-refractivity contribution in [2.24, 2.45) is 23.5 Å². The first-order valence-electron chi connectivity index (χ1n) is 6.96. The summed E-state index contributed by atoms with van der Waals surface area (Å²) in [5.74, 6) is 2.88. The zero-order valence-corrected chi connectivity index (χ0v) is 10.9. The van der Waals surface area contributed by atoms with E-state index in [1.165, 1.54) is 36.0 Å². The fourth-order valence-electron chi connectivity index (χ4n) is 3.68. The predicted molar refractivity (Wildman–Crippen MR) is 71.9 cm³/mol. The molecule has 3 rings (SSSR count). The van der Waals surface area contributed by atoms with Crippen molar-refractivity contribution in [3.8, 4) is 0 Å². The van der Waals surface area contributed by atoms with E-state index >= 15 is 0 Å². The van der Waals surface area contributed by atoms with Crippen LogP contribution in [0.4, 0.5) is 0 Å². The molecule has 0 heterocycles. The smallest absolute Gasteiger partial charge is 0.0108 e. The van der Waals surface area contributed by atoms with Crippen LogP contribution in [0.15, 0.2) is 18.2 Å². The Morgan fingerprint density at radius 2 is 1.71 bits per heavy atom. The van der Waals surface area contributed by atoms with Crippen LogP contribution in [-0.2, 0) is 6.42 Å². The standard InChI is InChI=1S/C16H23N/c1-10-4-3-5-11(2)15(10)9-16(17)14-7-12-6-13(12)8-14/h3-5,12-14,16H,6-9,17H2,1-2H3. The maximum Gasteiger partial charge on any atom is 0.0108 e. The number of hydrogen-bond acceptors (Lipinski definition) is 1. The highest BCUT2D eigenvalue weighted by atomic mass is 14.7. The highest BCUT2D eigenvalue weighted by Gasteiger charge is 2.47. The van der Waals surface area contributed by atoms with Gasteiger partial charge >= 0.3 is 0 Å². The average Bonchev–Trinajstić information content (AvgIpc) is 2.91. The minimum atomic E-state index is 0.377. The molecule has 1 heteroatoms. The summed E-state index contributed by atoms with van der Waals surface area (Å²) in [5, 5.41) is 0. The molecule has 1 aromatic carbocycles. The van der Waals surface area contributed by atoms with E-state index in [4.69, 9.17) is 5.73 Å². The zero-order chi connectivity index (χ0) is 12.0. The van der Waals surface area contributed by atoms with Gasteiger partial charge in [0.2, 0.25) is 0 Å². The van der Waals surface area contributed by atoms with Crippen molar-refractivity contribution < 1.29 is 0 Å². The van der Waals surface area contributed by atoms with Crippen LogP contribution in [0, 0.1) is 31.6 Å². The number of benzene rings is 1. The molecule has 17 heavy (non-hydrogen) atoms. The highest BCUT2D eigenvalue weighted by Crippen LogP contribution is 2.55. The van der Waals surface area contributed by atoms with Gasteiger partial charge in [0.15, 0.2) is 0 Å². The minimum Gasteiger partial charge on any atom is -0.327 e. The van der Waals surface area contributed by atoms with Crippen molar-refractivity contribution in [1.29, 1.82) is 0 Å². The molecule has 0 saturated heterocycles. The third kappa shape index (κ3) is 2.13. The van der Waals surface area contributed by atoms with Gasteiger partial charge in [-0.1, -0.05) is 18.2 Å². The quantitative estimate of drug-likeness (QED) is 0.846. The van der Waals surface area contributed by atoms with Gasteiger partial charge in [0, 0.05) is 6.04 Å². The lowest BCUT2D eigenvalue weighted by molar-refractivity contribution is 0.392. The summed E-state index contributed by atoms with van der Waals surface area (Å²) >= 11 is 0. The molecule has 0 amide bonds. The molecular formula is C16H23N. The van der Waals surface area contributed by atoms with Gasteiger partial charge in [-0.3, -0.25) is 0 Å². The van der Waals surface area contributed by atoms with Gasteiger partial charge in [-0.15, -0.1) is 0 Å². The predicted octanol–water partition coefficient (Wildman–Crippen LogP) is 3.22. The van der Waals surface area contributed by atoms with Crippen molar-refractivity contribution >= 4 is 0 Å². The number of nitrogens with two attached hydrogens (primary N) is 1. The monoisotopic (exact) mass is 229 g/mol. The topological polar surface area (TPSA) is 26.0 Å². The summed E-state index contributed by atoms with van der Waals surface area (Å²) in [6.45, 7) is 4.42. The average molecular weight is 229 g/mol. The van der Waals surface area contributed by atoms with Gasteiger partial charge in [-0.05, 0) is 74.0 Å². The number of rotatable bonds is 3. The molecular weight excluding hydrogens is 206 g/mol. The van der Waals surface area contributed by atoms with Gasteiger partial charge in [-0.2, -0.15) is 0 Å². The largest absolute Gasteiger partial charge is 0.327 e. The Balaban J connectivity index is 1.69. The Labute approximate surface area is 104 Å². The van der Waals surface area contributed by atoms with Crippen molar-refractivity contribution in [1.82, 2.24) is 0 Å². The maximum atomic E-state index is 6.43. The molecule has 1 nitrogen and oxygen atoms in total. The van der Waals surface area contributed by atoms with Gasteiger partial charge in [0.1, 0.15) is 0 Å². The van der Waals surface area contributed by atoms with E-state index in [0.29, 0.717) is 6.04 Å². The van der Waals surface area contributed by atoms with Gasteiger partial charge in [-0.25, -0.2) is 0 Å². The highest BCUT2D eigenvalue weighted by molar-refractivity contribution is 5.34. The molecule has 3 atom stereocenters. The van der Waals surface area contributed by atoms with Crippen LogP contribution >= 0.6 is 0 Å². The molecule has 2 N–H and O–H groups in total. The number of fused-ring (bicyclic) bond motifs is 1. The molecule has 2 aliphatic rings. The molecule has 0 spiro atoms. The first kappa shape index (κ1) is 11.3. The van der Waals surface area contributed by atoms with E-state index in [0.717, 1.165) is 24.2 Å². The molecule has 92 valence electrons. The number of hydrogen-bond donors (Lipinski definition) is 1. The third-order valence-electron chi connectivity index (χ3n) is 4.97. The summed E-state index contributed by atoms with van der Waals surface area (Å²) in [7, 11) is 0. The van der Waals surface area contributed by atoms with Crippen LogP contribution in [-0.4, -0.2) is 6.04 Å². The Morgan fingerprint density at radius 3 is 2.29 bits per heavy atom. The van der Waals surface area contributed by atoms with Crippen molar-refractivity contribution in [2.45, 2.75) is 45.6 Å². The normalized spacial score (nSPS) is 32.3. The maximum absolute atomic E-state index is 6.43. The summed E-state index contributed by atoms with van der Waals surface area (Å²) < 4.78 is 0. The SMILES string of the molecule is Cc1cccc(C)c1CC(N)C1CC2CC2C1. The Hall–Kier alpha value is -0.820. The molecule has 0 bridgehead atoms. The lowest BCUT2D eigenvalue weighted by atomic mass is 9.87. The van der Waals surface area contributed by atoms with E-state index in [9.17, 15) is 0 Å². The molecule has 1 aromatic rings. The Kier molecular flexibility index (Phi) is 2.74. The third-order valence-corrected chi connectivity index (χ3v) is 4.97. The fraction of sp³-hybridized carbons (Fsp3) is 0.625.